The van der Waals surface area contributed by atoms with Crippen LogP contribution in [0.5, 0.6) is 0 Å². The van der Waals surface area contributed by atoms with Gasteiger partial charge in [0.1, 0.15) is 0 Å². The molecule has 1 unspecified atom stereocenters. The van der Waals surface area contributed by atoms with Gasteiger partial charge in [-0.1, -0.05) is 18.5 Å². The zero-order chi connectivity index (χ0) is 14.6. The molecule has 1 aromatic carbocycles. The van der Waals surface area contributed by atoms with Crippen LogP contribution < -0.4 is 5.73 Å². The molecule has 0 aliphatic carbocycles. The van der Waals surface area contributed by atoms with Gasteiger partial charge in [-0.25, -0.2) is 0 Å². The third kappa shape index (κ3) is 3.90. The number of halogens is 1. The molecule has 104 valence electrons. The summed E-state index contributed by atoms with van der Waals surface area (Å²) in [5.74, 6) is -0.410. The number of nitro benzene ring substituents is 1. The monoisotopic (exact) mass is 285 g/mol. The first-order valence-electron chi connectivity index (χ1n) is 5.74. The lowest BCUT2D eigenvalue weighted by atomic mass is 10.1. The van der Waals surface area contributed by atoms with Crippen LogP contribution in [0.3, 0.4) is 0 Å². The highest BCUT2D eigenvalue weighted by molar-refractivity contribution is 6.31. The molecular weight excluding hydrogens is 270 g/mol. The maximum absolute atomic E-state index is 11.9. The lowest BCUT2D eigenvalue weighted by molar-refractivity contribution is -0.384. The molecule has 6 nitrogen and oxygen atoms in total. The van der Waals surface area contributed by atoms with E-state index in [1.54, 1.807) is 14.0 Å². The van der Waals surface area contributed by atoms with Crippen molar-refractivity contribution in [2.75, 3.05) is 13.6 Å². The van der Waals surface area contributed by atoms with Crippen LogP contribution in [-0.2, 0) is 11.3 Å². The van der Waals surface area contributed by atoms with Crippen molar-refractivity contribution < 1.29 is 9.72 Å². The molecule has 0 saturated heterocycles. The predicted octanol–water partition coefficient (Wildman–Crippen LogP) is 1.80. The van der Waals surface area contributed by atoms with E-state index in [0.29, 0.717) is 10.6 Å². The Morgan fingerprint density at radius 2 is 2.21 bits per heavy atom. The zero-order valence-electron chi connectivity index (χ0n) is 10.8. The highest BCUT2D eigenvalue weighted by atomic mass is 35.5. The van der Waals surface area contributed by atoms with Crippen LogP contribution in [0.2, 0.25) is 5.02 Å². The lowest BCUT2D eigenvalue weighted by Gasteiger charge is -2.21. The fraction of sp³-hybridized carbons (Fsp3) is 0.417. The Labute approximate surface area is 116 Å². The summed E-state index contributed by atoms with van der Waals surface area (Å²) in [6.07, 6.45) is 0. The minimum Gasteiger partial charge on any atom is -0.341 e. The molecule has 19 heavy (non-hydrogen) atoms. The van der Waals surface area contributed by atoms with Gasteiger partial charge in [-0.3, -0.25) is 14.9 Å². The molecular formula is C12H16ClN3O3. The summed E-state index contributed by atoms with van der Waals surface area (Å²) in [6.45, 7) is 2.20. The molecule has 0 radical (unpaired) electrons. The van der Waals surface area contributed by atoms with Crippen molar-refractivity contribution in [1.29, 1.82) is 0 Å². The number of rotatable bonds is 5. The van der Waals surface area contributed by atoms with E-state index in [9.17, 15) is 14.9 Å². The lowest BCUT2D eigenvalue weighted by Crippen LogP contribution is -2.34. The van der Waals surface area contributed by atoms with Crippen molar-refractivity contribution >= 4 is 23.2 Å². The summed E-state index contributed by atoms with van der Waals surface area (Å²) in [5, 5.41) is 11.1. The molecule has 0 bridgehead atoms. The number of nitrogens with zero attached hydrogens (tertiary/aromatic N) is 2. The van der Waals surface area contributed by atoms with Gasteiger partial charge in [0.15, 0.2) is 0 Å². The number of carbonyl (C=O) groups is 1. The summed E-state index contributed by atoms with van der Waals surface area (Å²) in [6, 6.07) is 4.16. The number of nitrogens with two attached hydrogens (primary N) is 1. The second-order valence-electron chi connectivity index (χ2n) is 4.36. The SMILES string of the molecule is CC(CN)C(=O)N(C)Cc1cc([N+](=O)[O-])ccc1Cl. The molecule has 1 rings (SSSR count). The fourth-order valence-corrected chi connectivity index (χ4v) is 1.78. The molecule has 0 fully saturated rings. The third-order valence-corrected chi connectivity index (χ3v) is 3.17. The second kappa shape index (κ2) is 6.49. The molecule has 1 atom stereocenters. The topological polar surface area (TPSA) is 89.5 Å². The highest BCUT2D eigenvalue weighted by Crippen LogP contribution is 2.23. The van der Waals surface area contributed by atoms with E-state index in [2.05, 4.69) is 0 Å². The van der Waals surface area contributed by atoms with Gasteiger partial charge in [-0.15, -0.1) is 0 Å². The average molecular weight is 286 g/mol. The zero-order valence-corrected chi connectivity index (χ0v) is 11.6. The van der Waals surface area contributed by atoms with Crippen molar-refractivity contribution in [1.82, 2.24) is 4.90 Å². The van der Waals surface area contributed by atoms with Crippen molar-refractivity contribution in [3.63, 3.8) is 0 Å². The van der Waals surface area contributed by atoms with Crippen molar-refractivity contribution in [3.05, 3.63) is 38.9 Å². The van der Waals surface area contributed by atoms with Crippen LogP contribution in [-0.4, -0.2) is 29.3 Å². The Morgan fingerprint density at radius 1 is 1.58 bits per heavy atom. The summed E-state index contributed by atoms with van der Waals surface area (Å²) in [5.41, 5.74) is 5.92. The van der Waals surface area contributed by atoms with Crippen molar-refractivity contribution in [2.45, 2.75) is 13.5 Å². The van der Waals surface area contributed by atoms with Crippen LogP contribution in [0.15, 0.2) is 18.2 Å². The van der Waals surface area contributed by atoms with Crippen molar-refractivity contribution in [2.24, 2.45) is 11.7 Å². The molecule has 0 spiro atoms. The molecule has 0 saturated carbocycles. The summed E-state index contributed by atoms with van der Waals surface area (Å²) < 4.78 is 0. The molecule has 0 aromatic heterocycles. The number of hydrogen-bond acceptors (Lipinski definition) is 4. The fourth-order valence-electron chi connectivity index (χ4n) is 1.61. The van der Waals surface area contributed by atoms with Gasteiger partial charge < -0.3 is 10.6 Å². The maximum atomic E-state index is 11.9. The van der Waals surface area contributed by atoms with E-state index in [1.165, 1.54) is 23.1 Å². The number of non-ortho nitro benzene ring substituents is 1. The standard InChI is InChI=1S/C12H16ClN3O3/c1-8(6-14)12(17)15(2)7-9-5-10(16(18)19)3-4-11(9)13/h3-5,8H,6-7,14H2,1-2H3. The predicted molar refractivity (Wildman–Crippen MR) is 72.8 cm³/mol. The quantitative estimate of drug-likeness (QED) is 0.660. The maximum Gasteiger partial charge on any atom is 0.269 e. The molecule has 0 aliphatic heterocycles. The first-order valence-corrected chi connectivity index (χ1v) is 6.12. The molecule has 0 aliphatic rings. The van der Waals surface area contributed by atoms with Gasteiger partial charge in [0.25, 0.3) is 5.69 Å². The molecule has 1 aromatic rings. The number of amides is 1. The first kappa shape index (κ1) is 15.4. The Balaban J connectivity index is 2.90. The highest BCUT2D eigenvalue weighted by Gasteiger charge is 2.18. The number of hydrogen-bond donors (Lipinski definition) is 1. The molecule has 2 N–H and O–H groups in total. The molecule has 0 heterocycles. The van der Waals surface area contributed by atoms with E-state index in [4.69, 9.17) is 17.3 Å². The van der Waals surface area contributed by atoms with Crippen LogP contribution in [0, 0.1) is 16.0 Å². The minimum absolute atomic E-state index is 0.0490. The van der Waals surface area contributed by atoms with Crippen LogP contribution in [0.4, 0.5) is 5.69 Å². The van der Waals surface area contributed by atoms with Gasteiger partial charge in [0, 0.05) is 43.2 Å². The van der Waals surface area contributed by atoms with Gasteiger partial charge >= 0.3 is 0 Å². The first-order chi connectivity index (χ1) is 8.86. The van der Waals surface area contributed by atoms with E-state index in [0.717, 1.165) is 0 Å². The molecule has 7 heteroatoms. The van der Waals surface area contributed by atoms with Gasteiger partial charge in [0.05, 0.1) is 4.92 Å². The van der Waals surface area contributed by atoms with Crippen LogP contribution in [0.1, 0.15) is 12.5 Å². The Bertz CT molecular complexity index is 493. The second-order valence-corrected chi connectivity index (χ2v) is 4.77. The van der Waals surface area contributed by atoms with Gasteiger partial charge in [-0.05, 0) is 11.6 Å². The smallest absolute Gasteiger partial charge is 0.269 e. The largest absolute Gasteiger partial charge is 0.341 e. The van der Waals surface area contributed by atoms with Gasteiger partial charge in [-0.2, -0.15) is 0 Å². The van der Waals surface area contributed by atoms with Crippen LogP contribution in [0.25, 0.3) is 0 Å². The van der Waals surface area contributed by atoms with E-state index >= 15 is 0 Å². The molecule has 1 amide bonds. The third-order valence-electron chi connectivity index (χ3n) is 2.80. The summed E-state index contributed by atoms with van der Waals surface area (Å²) in [7, 11) is 1.61. The van der Waals surface area contributed by atoms with Crippen LogP contribution >= 0.6 is 11.6 Å². The summed E-state index contributed by atoms with van der Waals surface area (Å²) >= 11 is 5.98. The van der Waals surface area contributed by atoms with E-state index in [1.807, 2.05) is 0 Å². The van der Waals surface area contributed by atoms with Gasteiger partial charge in [0.2, 0.25) is 5.91 Å². The van der Waals surface area contributed by atoms with E-state index in [-0.39, 0.29) is 30.6 Å². The Kier molecular flexibility index (Phi) is 5.26. The normalized spacial score (nSPS) is 12.0. The average Bonchev–Trinajstić information content (AvgIpc) is 2.38. The Morgan fingerprint density at radius 3 is 2.74 bits per heavy atom. The number of carbonyl (C=O) groups excluding carboxylic acids is 1. The summed E-state index contributed by atoms with van der Waals surface area (Å²) in [4.78, 5) is 23.5. The number of benzene rings is 1. The minimum atomic E-state index is -0.496. The number of nitro groups is 1. The Hall–Kier alpha value is -1.66. The van der Waals surface area contributed by atoms with Crippen molar-refractivity contribution in [3.8, 4) is 0 Å². The van der Waals surface area contributed by atoms with E-state index < -0.39 is 4.92 Å².